The lowest BCUT2D eigenvalue weighted by Gasteiger charge is -2.27. The predicted molar refractivity (Wildman–Crippen MR) is 128 cm³/mol. The third-order valence-electron chi connectivity index (χ3n) is 6.65. The molecule has 2 atom stereocenters. The third-order valence-corrected chi connectivity index (χ3v) is 6.65. The first kappa shape index (κ1) is 23.1. The standard InChI is InChI=1S/C26H33N5O2/c1-2-9-23(26(32)33)24(25-27-29-30-28-25)17-19-10-8-12-20(16-19)22-13-5-4-11-21(22)18-31-14-6-3-7-15-31/h4-5,8,10-13,16,23-24H,2-3,6-7,9,14-15,17-18H2,1H3,(H,32,33)(H,27,28,29,30)/t23-,24-/m0/s1. The molecule has 2 heterocycles. The fourth-order valence-corrected chi connectivity index (χ4v) is 4.97. The minimum absolute atomic E-state index is 0.333. The topological polar surface area (TPSA) is 95.0 Å². The smallest absolute Gasteiger partial charge is 0.307 e. The van der Waals surface area contributed by atoms with E-state index in [-0.39, 0.29) is 5.92 Å². The van der Waals surface area contributed by atoms with Gasteiger partial charge >= 0.3 is 5.97 Å². The number of likely N-dealkylation sites (tertiary alicyclic amines) is 1. The number of benzene rings is 2. The van der Waals surface area contributed by atoms with E-state index in [4.69, 9.17) is 0 Å². The Hall–Kier alpha value is -3.06. The van der Waals surface area contributed by atoms with Crippen LogP contribution in [0, 0.1) is 5.92 Å². The van der Waals surface area contributed by atoms with Gasteiger partial charge in [0.2, 0.25) is 0 Å². The number of aromatic nitrogens is 4. The SMILES string of the molecule is CCC[C@H](C(=O)O)[C@H](Cc1cccc(-c2ccccc2CN2CCCCC2)c1)c1nn[nH]n1. The van der Waals surface area contributed by atoms with E-state index in [2.05, 4.69) is 74.1 Å². The summed E-state index contributed by atoms with van der Waals surface area (Å²) < 4.78 is 0. The Morgan fingerprint density at radius 2 is 1.94 bits per heavy atom. The van der Waals surface area contributed by atoms with E-state index in [9.17, 15) is 9.90 Å². The van der Waals surface area contributed by atoms with E-state index in [1.165, 1.54) is 30.4 Å². The molecule has 1 aliphatic heterocycles. The summed E-state index contributed by atoms with van der Waals surface area (Å²) in [5.41, 5.74) is 4.82. The Morgan fingerprint density at radius 3 is 2.67 bits per heavy atom. The number of hydrogen-bond donors (Lipinski definition) is 2. The van der Waals surface area contributed by atoms with Crippen molar-refractivity contribution >= 4 is 5.97 Å². The van der Waals surface area contributed by atoms with Gasteiger partial charge in [-0.05, 0) is 61.0 Å². The maximum absolute atomic E-state index is 12.0. The highest BCUT2D eigenvalue weighted by Crippen LogP contribution is 2.32. The van der Waals surface area contributed by atoms with Crippen LogP contribution in [0.5, 0.6) is 0 Å². The summed E-state index contributed by atoms with van der Waals surface area (Å²) in [6, 6.07) is 17.1. The zero-order valence-electron chi connectivity index (χ0n) is 19.3. The number of hydrogen-bond acceptors (Lipinski definition) is 5. The fourth-order valence-electron chi connectivity index (χ4n) is 4.97. The van der Waals surface area contributed by atoms with Crippen molar-refractivity contribution in [1.82, 2.24) is 25.5 Å². The lowest BCUT2D eigenvalue weighted by molar-refractivity contribution is -0.142. The zero-order chi connectivity index (χ0) is 23.0. The van der Waals surface area contributed by atoms with E-state index in [1.54, 1.807) is 0 Å². The molecule has 1 aromatic heterocycles. The van der Waals surface area contributed by atoms with Crippen molar-refractivity contribution in [3.8, 4) is 11.1 Å². The van der Waals surface area contributed by atoms with Crippen LogP contribution in [-0.4, -0.2) is 49.7 Å². The molecule has 3 aromatic rings. The van der Waals surface area contributed by atoms with Crippen LogP contribution in [0.4, 0.5) is 0 Å². The van der Waals surface area contributed by atoms with Crippen molar-refractivity contribution in [3.05, 3.63) is 65.5 Å². The molecule has 7 heteroatoms. The molecular formula is C26H33N5O2. The molecular weight excluding hydrogens is 414 g/mol. The van der Waals surface area contributed by atoms with E-state index in [0.29, 0.717) is 18.7 Å². The van der Waals surface area contributed by atoms with Gasteiger partial charge in [-0.15, -0.1) is 10.2 Å². The molecule has 0 amide bonds. The number of aromatic amines is 1. The van der Waals surface area contributed by atoms with E-state index < -0.39 is 11.9 Å². The van der Waals surface area contributed by atoms with Gasteiger partial charge in [-0.3, -0.25) is 9.69 Å². The van der Waals surface area contributed by atoms with Gasteiger partial charge in [0.05, 0.1) is 5.92 Å². The minimum atomic E-state index is -0.810. The van der Waals surface area contributed by atoms with Crippen molar-refractivity contribution in [3.63, 3.8) is 0 Å². The summed E-state index contributed by atoms with van der Waals surface area (Å²) in [4.78, 5) is 14.6. The molecule has 0 unspecified atom stereocenters. The first-order valence-electron chi connectivity index (χ1n) is 12.0. The molecule has 174 valence electrons. The Labute approximate surface area is 195 Å². The van der Waals surface area contributed by atoms with E-state index in [0.717, 1.165) is 37.2 Å². The quantitative estimate of drug-likeness (QED) is 0.469. The summed E-state index contributed by atoms with van der Waals surface area (Å²) in [5.74, 6) is -1.23. The van der Waals surface area contributed by atoms with Crippen LogP contribution < -0.4 is 0 Å². The average molecular weight is 448 g/mol. The van der Waals surface area contributed by atoms with E-state index >= 15 is 0 Å². The van der Waals surface area contributed by atoms with Gasteiger partial charge in [0.25, 0.3) is 0 Å². The van der Waals surface area contributed by atoms with Gasteiger partial charge in [0, 0.05) is 12.5 Å². The Kier molecular flexibility index (Phi) is 7.83. The van der Waals surface area contributed by atoms with Crippen molar-refractivity contribution in [2.45, 2.75) is 57.9 Å². The van der Waals surface area contributed by atoms with Crippen LogP contribution in [0.2, 0.25) is 0 Å². The number of rotatable bonds is 10. The van der Waals surface area contributed by atoms with Crippen LogP contribution in [0.15, 0.2) is 48.5 Å². The molecule has 1 aliphatic rings. The Balaban J connectivity index is 1.60. The highest BCUT2D eigenvalue weighted by molar-refractivity contribution is 5.71. The van der Waals surface area contributed by atoms with Crippen LogP contribution in [0.3, 0.4) is 0 Å². The predicted octanol–water partition coefficient (Wildman–Crippen LogP) is 4.68. The minimum Gasteiger partial charge on any atom is -0.481 e. The van der Waals surface area contributed by atoms with Gasteiger partial charge in [-0.2, -0.15) is 5.21 Å². The highest BCUT2D eigenvalue weighted by atomic mass is 16.4. The molecule has 7 nitrogen and oxygen atoms in total. The molecule has 0 aliphatic carbocycles. The average Bonchev–Trinajstić information content (AvgIpc) is 3.37. The number of H-pyrrole nitrogens is 1. The number of piperidine rings is 1. The molecule has 1 saturated heterocycles. The fraction of sp³-hybridized carbons (Fsp3) is 0.462. The second-order valence-electron chi connectivity index (χ2n) is 9.01. The summed E-state index contributed by atoms with van der Waals surface area (Å²) in [6.45, 7) is 5.29. The third kappa shape index (κ3) is 5.85. The van der Waals surface area contributed by atoms with Crippen molar-refractivity contribution in [2.24, 2.45) is 5.92 Å². The number of nitrogens with zero attached hydrogens (tertiary/aromatic N) is 4. The van der Waals surface area contributed by atoms with Gasteiger partial charge < -0.3 is 5.11 Å². The van der Waals surface area contributed by atoms with Crippen LogP contribution >= 0.6 is 0 Å². The summed E-state index contributed by atoms with van der Waals surface area (Å²) in [6.07, 6.45) is 5.80. The molecule has 0 bridgehead atoms. The number of nitrogens with one attached hydrogen (secondary N) is 1. The van der Waals surface area contributed by atoms with Crippen molar-refractivity contribution in [2.75, 3.05) is 13.1 Å². The molecule has 2 N–H and O–H groups in total. The van der Waals surface area contributed by atoms with Gasteiger partial charge in [-0.25, -0.2) is 0 Å². The van der Waals surface area contributed by atoms with Crippen molar-refractivity contribution in [1.29, 1.82) is 0 Å². The lowest BCUT2D eigenvalue weighted by atomic mass is 9.83. The molecule has 0 saturated carbocycles. The second kappa shape index (κ2) is 11.2. The second-order valence-corrected chi connectivity index (χ2v) is 9.01. The number of aliphatic carboxylic acids is 1. The maximum atomic E-state index is 12.0. The Bertz CT molecular complexity index is 1030. The first-order valence-corrected chi connectivity index (χ1v) is 12.0. The molecule has 0 spiro atoms. The molecule has 33 heavy (non-hydrogen) atoms. The molecule has 4 rings (SSSR count). The first-order chi connectivity index (χ1) is 16.2. The molecule has 1 fully saturated rings. The van der Waals surface area contributed by atoms with Crippen LogP contribution in [0.25, 0.3) is 11.1 Å². The molecule has 0 radical (unpaired) electrons. The summed E-state index contributed by atoms with van der Waals surface area (Å²) in [7, 11) is 0. The number of carboxylic acid groups (broad SMARTS) is 1. The van der Waals surface area contributed by atoms with Gasteiger partial charge in [-0.1, -0.05) is 73.5 Å². The summed E-state index contributed by atoms with van der Waals surface area (Å²) in [5, 5.41) is 24.3. The molecule has 2 aromatic carbocycles. The lowest BCUT2D eigenvalue weighted by Crippen LogP contribution is -2.29. The van der Waals surface area contributed by atoms with Crippen LogP contribution in [0.1, 0.15) is 61.9 Å². The van der Waals surface area contributed by atoms with Gasteiger partial charge in [0.15, 0.2) is 5.82 Å². The Morgan fingerprint density at radius 1 is 1.12 bits per heavy atom. The van der Waals surface area contributed by atoms with E-state index in [1.807, 2.05) is 6.92 Å². The van der Waals surface area contributed by atoms with Crippen molar-refractivity contribution < 1.29 is 9.90 Å². The summed E-state index contributed by atoms with van der Waals surface area (Å²) >= 11 is 0. The van der Waals surface area contributed by atoms with Crippen LogP contribution in [-0.2, 0) is 17.8 Å². The number of carbonyl (C=O) groups is 1. The largest absolute Gasteiger partial charge is 0.481 e. The number of carboxylic acids is 1. The maximum Gasteiger partial charge on any atom is 0.307 e. The van der Waals surface area contributed by atoms with Gasteiger partial charge in [0.1, 0.15) is 0 Å². The zero-order valence-corrected chi connectivity index (χ0v) is 19.3. The number of tetrazole rings is 1. The monoisotopic (exact) mass is 447 g/mol. The highest BCUT2D eigenvalue weighted by Gasteiger charge is 2.32. The normalized spacial score (nSPS) is 16.4.